The minimum Gasteiger partial charge on any atom is -0.416 e. The van der Waals surface area contributed by atoms with Gasteiger partial charge in [-0.25, -0.2) is 0 Å². The van der Waals surface area contributed by atoms with Crippen molar-refractivity contribution in [3.05, 3.63) is 69.1 Å². The number of hydrogen-bond acceptors (Lipinski definition) is 3. The highest BCUT2D eigenvalue weighted by atomic mass is 79.9. The zero-order valence-corrected chi connectivity index (χ0v) is 15.9. The van der Waals surface area contributed by atoms with Crippen molar-refractivity contribution < 1.29 is 4.42 Å². The summed E-state index contributed by atoms with van der Waals surface area (Å²) in [6.45, 7) is 2.04. The highest BCUT2D eigenvalue weighted by molar-refractivity contribution is 9.11. The van der Waals surface area contributed by atoms with Gasteiger partial charge in [0.2, 0.25) is 11.8 Å². The smallest absolute Gasteiger partial charge is 0.249 e. The molecule has 1 heterocycles. The molecule has 0 radical (unpaired) electrons. The van der Waals surface area contributed by atoms with Crippen molar-refractivity contribution >= 4 is 42.6 Å². The van der Waals surface area contributed by atoms with E-state index in [9.17, 15) is 0 Å². The molecule has 24 heavy (non-hydrogen) atoms. The highest BCUT2D eigenvalue weighted by Crippen LogP contribution is 2.35. The quantitative estimate of drug-likeness (QED) is 0.360. The van der Waals surface area contributed by atoms with Crippen LogP contribution in [0.1, 0.15) is 5.56 Å². The summed E-state index contributed by atoms with van der Waals surface area (Å²) in [4.78, 5) is 0. The molecule has 0 aliphatic rings. The van der Waals surface area contributed by atoms with Gasteiger partial charge in [-0.2, -0.15) is 0 Å². The largest absolute Gasteiger partial charge is 0.416 e. The molecule has 118 valence electrons. The van der Waals surface area contributed by atoms with Crippen LogP contribution in [0.3, 0.4) is 0 Å². The van der Waals surface area contributed by atoms with E-state index >= 15 is 0 Å². The molecule has 5 heteroatoms. The Labute approximate surface area is 156 Å². The third-order valence-corrected chi connectivity index (χ3v) is 5.43. The van der Waals surface area contributed by atoms with Gasteiger partial charge in [0.1, 0.15) is 0 Å². The van der Waals surface area contributed by atoms with E-state index in [1.165, 1.54) is 0 Å². The first-order valence-electron chi connectivity index (χ1n) is 7.41. The van der Waals surface area contributed by atoms with Crippen molar-refractivity contribution in [3.63, 3.8) is 0 Å². The van der Waals surface area contributed by atoms with Crippen molar-refractivity contribution in [2.75, 3.05) is 0 Å². The molecule has 0 saturated carbocycles. The second-order valence-corrected chi connectivity index (χ2v) is 7.23. The lowest BCUT2D eigenvalue weighted by Gasteiger charge is -2.04. The molecule has 0 amide bonds. The molecule has 0 fully saturated rings. The number of nitrogens with zero attached hydrogens (tertiary/aromatic N) is 2. The molecule has 0 N–H and O–H groups in total. The fraction of sp³-hybridized carbons (Fsp3) is 0.0526. The lowest BCUT2D eigenvalue weighted by atomic mass is 10.0. The Morgan fingerprint density at radius 1 is 0.792 bits per heavy atom. The number of benzene rings is 3. The van der Waals surface area contributed by atoms with Gasteiger partial charge in [-0.05, 0) is 57.4 Å². The lowest BCUT2D eigenvalue weighted by molar-refractivity contribution is 0.585. The van der Waals surface area contributed by atoms with Crippen LogP contribution in [0.25, 0.3) is 33.7 Å². The molecule has 0 atom stereocenters. The van der Waals surface area contributed by atoms with Gasteiger partial charge >= 0.3 is 0 Å². The van der Waals surface area contributed by atoms with E-state index in [-0.39, 0.29) is 0 Å². The van der Waals surface area contributed by atoms with Gasteiger partial charge in [0.15, 0.2) is 0 Å². The summed E-state index contributed by atoms with van der Waals surface area (Å²) >= 11 is 7.13. The maximum Gasteiger partial charge on any atom is 0.249 e. The van der Waals surface area contributed by atoms with Crippen LogP contribution in [0.15, 0.2) is 68.0 Å². The summed E-state index contributed by atoms with van der Waals surface area (Å²) in [5.74, 6) is 1.01. The monoisotopic (exact) mass is 442 g/mol. The number of halogens is 2. The normalized spacial score (nSPS) is 11.1. The van der Waals surface area contributed by atoms with E-state index in [4.69, 9.17) is 4.42 Å². The van der Waals surface area contributed by atoms with Crippen LogP contribution >= 0.6 is 31.9 Å². The molecule has 0 aliphatic carbocycles. The highest BCUT2D eigenvalue weighted by Gasteiger charge is 2.16. The second-order valence-electron chi connectivity index (χ2n) is 5.52. The van der Waals surface area contributed by atoms with Crippen molar-refractivity contribution in [2.24, 2.45) is 0 Å². The van der Waals surface area contributed by atoms with Gasteiger partial charge in [-0.1, -0.05) is 52.3 Å². The first kappa shape index (κ1) is 15.5. The van der Waals surface area contributed by atoms with Crippen LogP contribution in [-0.2, 0) is 0 Å². The first-order valence-corrected chi connectivity index (χ1v) is 9.00. The van der Waals surface area contributed by atoms with Crippen LogP contribution in [0, 0.1) is 6.92 Å². The Morgan fingerprint density at radius 2 is 1.50 bits per heavy atom. The van der Waals surface area contributed by atoms with Gasteiger partial charge < -0.3 is 4.42 Å². The van der Waals surface area contributed by atoms with Crippen molar-refractivity contribution in [1.29, 1.82) is 0 Å². The zero-order valence-electron chi connectivity index (χ0n) is 12.8. The third kappa shape index (κ3) is 2.68. The zero-order chi connectivity index (χ0) is 16.7. The molecule has 4 rings (SSSR count). The number of rotatable bonds is 2. The maximum absolute atomic E-state index is 5.97. The van der Waals surface area contributed by atoms with Crippen LogP contribution in [0.4, 0.5) is 0 Å². The van der Waals surface area contributed by atoms with E-state index < -0.39 is 0 Å². The van der Waals surface area contributed by atoms with E-state index in [0.717, 1.165) is 36.4 Å². The summed E-state index contributed by atoms with van der Waals surface area (Å²) in [5, 5.41) is 10.7. The first-order chi connectivity index (χ1) is 11.6. The van der Waals surface area contributed by atoms with Crippen LogP contribution < -0.4 is 0 Å². The van der Waals surface area contributed by atoms with Crippen LogP contribution in [-0.4, -0.2) is 10.2 Å². The van der Waals surface area contributed by atoms with E-state index in [0.29, 0.717) is 11.8 Å². The molecule has 0 bridgehead atoms. The van der Waals surface area contributed by atoms with Gasteiger partial charge in [-0.3, -0.25) is 0 Å². The van der Waals surface area contributed by atoms with E-state index in [1.54, 1.807) is 0 Å². The van der Waals surface area contributed by atoms with Crippen molar-refractivity contribution in [1.82, 2.24) is 10.2 Å². The summed E-state index contributed by atoms with van der Waals surface area (Å²) in [6, 6.07) is 18.3. The van der Waals surface area contributed by atoms with Gasteiger partial charge in [0.25, 0.3) is 0 Å². The third-order valence-electron chi connectivity index (χ3n) is 3.92. The Kier molecular flexibility index (Phi) is 3.98. The predicted molar refractivity (Wildman–Crippen MR) is 103 cm³/mol. The lowest BCUT2D eigenvalue weighted by Crippen LogP contribution is -1.84. The molecular weight excluding hydrogens is 432 g/mol. The molecule has 0 spiro atoms. The van der Waals surface area contributed by atoms with Gasteiger partial charge in [0, 0.05) is 14.5 Å². The average molecular weight is 444 g/mol. The average Bonchev–Trinajstić information content (AvgIpc) is 3.07. The fourth-order valence-electron chi connectivity index (χ4n) is 2.66. The minimum atomic E-state index is 0.491. The summed E-state index contributed by atoms with van der Waals surface area (Å²) < 4.78 is 7.90. The molecule has 0 unspecified atom stereocenters. The molecule has 0 aliphatic heterocycles. The Bertz CT molecular complexity index is 1050. The Balaban J connectivity index is 1.85. The summed E-state index contributed by atoms with van der Waals surface area (Å²) in [6.07, 6.45) is 0. The van der Waals surface area contributed by atoms with E-state index in [2.05, 4.69) is 60.3 Å². The maximum atomic E-state index is 5.97. The second kappa shape index (κ2) is 6.15. The molecule has 3 nitrogen and oxygen atoms in total. The standard InChI is InChI=1S/C19H12Br2N2O/c1-11-9-17(21)15(10-16(11)20)19-23-22-18(24-19)14-8-4-6-12-5-2-3-7-13(12)14/h2-10H,1H3. The Morgan fingerprint density at radius 3 is 2.33 bits per heavy atom. The van der Waals surface area contributed by atoms with Crippen LogP contribution in [0.2, 0.25) is 0 Å². The SMILES string of the molecule is Cc1cc(Br)c(-c2nnc(-c3cccc4ccccc34)o2)cc1Br. The van der Waals surface area contributed by atoms with Gasteiger partial charge in [-0.15, -0.1) is 10.2 Å². The predicted octanol–water partition coefficient (Wildman–Crippen LogP) is 6.39. The minimum absolute atomic E-state index is 0.491. The summed E-state index contributed by atoms with van der Waals surface area (Å²) in [5.41, 5.74) is 2.94. The topological polar surface area (TPSA) is 38.9 Å². The molecular formula is C19H12Br2N2O. The van der Waals surface area contributed by atoms with Crippen molar-refractivity contribution in [2.45, 2.75) is 6.92 Å². The number of fused-ring (bicyclic) bond motifs is 1. The van der Waals surface area contributed by atoms with Gasteiger partial charge in [0.05, 0.1) is 5.56 Å². The Hall–Kier alpha value is -1.98. The fourth-order valence-corrected chi connectivity index (χ4v) is 3.63. The number of aromatic nitrogens is 2. The number of aryl methyl sites for hydroxylation is 1. The molecule has 4 aromatic rings. The van der Waals surface area contributed by atoms with E-state index in [1.807, 2.05) is 43.3 Å². The molecule has 0 saturated heterocycles. The summed E-state index contributed by atoms with van der Waals surface area (Å²) in [7, 11) is 0. The molecule has 1 aromatic heterocycles. The molecule has 3 aromatic carbocycles. The van der Waals surface area contributed by atoms with Crippen molar-refractivity contribution in [3.8, 4) is 22.9 Å². The number of hydrogen-bond donors (Lipinski definition) is 0. The van der Waals surface area contributed by atoms with Crippen LogP contribution in [0.5, 0.6) is 0 Å².